The van der Waals surface area contributed by atoms with Gasteiger partial charge in [0.15, 0.2) is 46.4 Å². The Bertz CT molecular complexity index is 3910. The first-order valence-corrected chi connectivity index (χ1v) is 24.6. The van der Waals surface area contributed by atoms with Crippen molar-refractivity contribution in [1.29, 1.82) is 0 Å². The van der Waals surface area contributed by atoms with E-state index in [0.717, 1.165) is 71.8 Å². The van der Waals surface area contributed by atoms with Gasteiger partial charge in [0.25, 0.3) is 0 Å². The Kier molecular flexibility index (Phi) is 10.4. The minimum Gasteiger partial charge on any atom is -0.453 e. The van der Waals surface area contributed by atoms with E-state index in [9.17, 15) is 0 Å². The molecule has 0 amide bonds. The number of fused-ring (bicyclic) bond motifs is 5. The standard InChI is InChI=1S/C60H36N12OS/c1-5-23-51-46(19-1)71(47-20-2-6-24-52(47)73-51)40-33-41-42(50(34-40)72-48-21-3-7-25-53(48)74-54-26-8-4-22-49(54)72)31-39(57-65-55(37-15-13-27-61-35-37)67-59(69-57)44-17-9-11-29-63-44)32-43(41)58-66-56(38-16-14-28-62-36-38)68-60(70-58)45-18-10-12-30-64-45/h1-36H. The third kappa shape index (κ3) is 7.61. The van der Waals surface area contributed by atoms with Crippen LogP contribution in [0.5, 0.6) is 11.5 Å². The Morgan fingerprint density at radius 1 is 0.351 bits per heavy atom. The lowest BCUT2D eigenvalue weighted by Crippen LogP contribution is -2.18. The van der Waals surface area contributed by atoms with Crippen LogP contribution in [-0.2, 0) is 0 Å². The molecule has 13 nitrogen and oxygen atoms in total. The summed E-state index contributed by atoms with van der Waals surface area (Å²) in [6.45, 7) is 0. The summed E-state index contributed by atoms with van der Waals surface area (Å²) in [5.41, 5.74) is 9.58. The lowest BCUT2D eigenvalue weighted by molar-refractivity contribution is 0.477. The average molecular weight is 973 g/mol. The summed E-state index contributed by atoms with van der Waals surface area (Å²) in [4.78, 5) is 56.3. The highest BCUT2D eigenvalue weighted by atomic mass is 32.2. The third-order valence-corrected chi connectivity index (χ3v) is 13.9. The van der Waals surface area contributed by atoms with Crippen molar-refractivity contribution in [2.24, 2.45) is 0 Å². The number of ether oxygens (including phenoxy) is 1. The number of hydrogen-bond acceptors (Lipinski definition) is 14. The van der Waals surface area contributed by atoms with E-state index < -0.39 is 0 Å². The molecule has 0 bridgehead atoms. The molecule has 0 spiro atoms. The fourth-order valence-electron chi connectivity index (χ4n) is 9.47. The van der Waals surface area contributed by atoms with E-state index in [4.69, 9.17) is 39.6 Å². The Morgan fingerprint density at radius 2 is 0.851 bits per heavy atom. The van der Waals surface area contributed by atoms with Crippen molar-refractivity contribution in [3.8, 4) is 80.1 Å². The summed E-state index contributed by atoms with van der Waals surface area (Å²) in [7, 11) is 0. The van der Waals surface area contributed by atoms with Gasteiger partial charge in [-0.05, 0) is 127 Å². The number of rotatable bonds is 8. The third-order valence-electron chi connectivity index (χ3n) is 12.8. The first-order valence-electron chi connectivity index (χ1n) is 23.8. The molecular formula is C60H36N12OS. The molecule has 0 saturated heterocycles. The van der Waals surface area contributed by atoms with Gasteiger partial charge in [0.05, 0.1) is 28.4 Å². The van der Waals surface area contributed by atoms with Gasteiger partial charge in [-0.15, -0.1) is 0 Å². The number of aromatic nitrogens is 10. The molecule has 8 heterocycles. The van der Waals surface area contributed by atoms with Crippen LogP contribution in [0.2, 0.25) is 0 Å². The van der Waals surface area contributed by atoms with E-state index in [2.05, 4.69) is 110 Å². The molecule has 0 aliphatic carbocycles. The van der Waals surface area contributed by atoms with Gasteiger partial charge in [-0.3, -0.25) is 19.9 Å². The molecule has 6 aromatic heterocycles. The summed E-state index contributed by atoms with van der Waals surface area (Å²) in [5, 5.41) is 1.72. The van der Waals surface area contributed by atoms with E-state index in [1.165, 1.54) is 0 Å². The number of nitrogens with zero attached hydrogens (tertiary/aromatic N) is 12. The number of anilines is 6. The molecule has 0 saturated carbocycles. The second kappa shape index (κ2) is 18.0. The van der Waals surface area contributed by atoms with Crippen molar-refractivity contribution < 1.29 is 4.74 Å². The first kappa shape index (κ1) is 42.8. The van der Waals surface area contributed by atoms with Gasteiger partial charge in [-0.2, -0.15) is 0 Å². The van der Waals surface area contributed by atoms with E-state index >= 15 is 0 Å². The number of hydrogen-bond donors (Lipinski definition) is 0. The van der Waals surface area contributed by atoms with Crippen molar-refractivity contribution in [2.45, 2.75) is 9.79 Å². The number of benzene rings is 6. The Balaban J connectivity index is 1.13. The molecule has 12 aromatic rings. The SMILES string of the molecule is c1ccc(-c2nc(-c3cccnc3)nc(-c3cc(-c4nc(-c5cccnc5)nc(-c5ccccn5)n4)c4cc(N5c6ccccc6Oc6ccccc65)cc(N5c6ccccc6Sc6ccccc65)c4c3)n2)nc1. The molecule has 2 aliphatic rings. The Hall–Kier alpha value is -10.1. The van der Waals surface area contributed by atoms with Crippen LogP contribution in [0.1, 0.15) is 0 Å². The highest BCUT2D eigenvalue weighted by Gasteiger charge is 2.31. The fourth-order valence-corrected chi connectivity index (χ4v) is 10.5. The van der Waals surface area contributed by atoms with Crippen LogP contribution in [0, 0.1) is 0 Å². The van der Waals surface area contributed by atoms with Crippen molar-refractivity contribution >= 4 is 56.7 Å². The largest absolute Gasteiger partial charge is 0.453 e. The Morgan fingerprint density at radius 3 is 1.41 bits per heavy atom. The van der Waals surface area contributed by atoms with Gasteiger partial charge in [-0.1, -0.05) is 72.4 Å². The molecule has 0 fully saturated rings. The zero-order valence-corrected chi connectivity index (χ0v) is 39.8. The predicted octanol–water partition coefficient (Wildman–Crippen LogP) is 14.3. The van der Waals surface area contributed by atoms with E-state index in [0.29, 0.717) is 63.0 Å². The zero-order valence-electron chi connectivity index (χ0n) is 39.0. The maximum absolute atomic E-state index is 6.59. The van der Waals surface area contributed by atoms with Gasteiger partial charge in [0, 0.05) is 80.3 Å². The van der Waals surface area contributed by atoms with E-state index in [1.807, 2.05) is 97.1 Å². The van der Waals surface area contributed by atoms with Crippen molar-refractivity contribution in [1.82, 2.24) is 49.8 Å². The molecule has 14 rings (SSSR count). The van der Waals surface area contributed by atoms with Crippen molar-refractivity contribution in [3.63, 3.8) is 0 Å². The monoisotopic (exact) mass is 972 g/mol. The van der Waals surface area contributed by atoms with Crippen molar-refractivity contribution in [2.75, 3.05) is 9.80 Å². The second-order valence-corrected chi connectivity index (χ2v) is 18.4. The Labute approximate surface area is 428 Å². The molecular weight excluding hydrogens is 937 g/mol. The quantitative estimate of drug-likeness (QED) is 0.142. The first-order chi connectivity index (χ1) is 36.7. The van der Waals surface area contributed by atoms with Gasteiger partial charge in [0.2, 0.25) is 0 Å². The van der Waals surface area contributed by atoms with Gasteiger partial charge in [0.1, 0.15) is 11.4 Å². The van der Waals surface area contributed by atoms with Crippen LogP contribution >= 0.6 is 11.8 Å². The predicted molar refractivity (Wildman–Crippen MR) is 288 cm³/mol. The van der Waals surface area contributed by atoms with E-state index in [-0.39, 0.29) is 0 Å². The van der Waals surface area contributed by atoms with E-state index in [1.54, 1.807) is 48.9 Å². The molecule has 14 heteroatoms. The van der Waals surface area contributed by atoms with Gasteiger partial charge < -0.3 is 14.5 Å². The zero-order chi connectivity index (χ0) is 49.0. The molecule has 0 atom stereocenters. The summed E-state index contributed by atoms with van der Waals surface area (Å²) in [6, 6.07) is 61.0. The topological polar surface area (TPSA) is 145 Å². The minimum absolute atomic E-state index is 0.396. The van der Waals surface area contributed by atoms with Crippen LogP contribution < -0.4 is 14.5 Å². The maximum Gasteiger partial charge on any atom is 0.182 e. The van der Waals surface area contributed by atoms with Crippen molar-refractivity contribution in [3.05, 3.63) is 219 Å². The molecule has 74 heavy (non-hydrogen) atoms. The average Bonchev–Trinajstić information content (AvgIpc) is 3.48. The summed E-state index contributed by atoms with van der Waals surface area (Å²) in [5.74, 6) is 3.95. The van der Waals surface area contributed by atoms with Gasteiger partial charge >= 0.3 is 0 Å². The minimum atomic E-state index is 0.396. The molecule has 0 radical (unpaired) electrons. The molecule has 348 valence electrons. The maximum atomic E-state index is 6.59. The summed E-state index contributed by atoms with van der Waals surface area (Å²) in [6.07, 6.45) is 10.4. The fraction of sp³-hybridized carbons (Fsp3) is 0. The smallest absolute Gasteiger partial charge is 0.182 e. The highest BCUT2D eigenvalue weighted by molar-refractivity contribution is 7.99. The van der Waals surface area contributed by atoms with Crippen LogP contribution in [0.25, 0.3) is 79.4 Å². The summed E-state index contributed by atoms with van der Waals surface area (Å²) < 4.78 is 6.59. The molecule has 2 aliphatic heterocycles. The lowest BCUT2D eigenvalue weighted by Gasteiger charge is -2.36. The molecule has 0 unspecified atom stereocenters. The van der Waals surface area contributed by atoms with Gasteiger partial charge in [-0.25, -0.2) is 29.9 Å². The summed E-state index contributed by atoms with van der Waals surface area (Å²) >= 11 is 1.75. The lowest BCUT2D eigenvalue weighted by atomic mass is 9.95. The second-order valence-electron chi connectivity index (χ2n) is 17.4. The molecule has 0 N–H and O–H groups in total. The van der Waals surface area contributed by atoms with Crippen LogP contribution in [0.4, 0.5) is 34.1 Å². The van der Waals surface area contributed by atoms with Crippen LogP contribution in [0.3, 0.4) is 0 Å². The number of pyridine rings is 4. The highest BCUT2D eigenvalue weighted by Crippen LogP contribution is 2.56. The van der Waals surface area contributed by atoms with Crippen LogP contribution in [0.15, 0.2) is 229 Å². The molecule has 6 aromatic carbocycles. The normalized spacial score (nSPS) is 12.3. The number of para-hydroxylation sites is 6. The van der Waals surface area contributed by atoms with Crippen LogP contribution in [-0.4, -0.2) is 49.8 Å².